The Hall–Kier alpha value is -2.64. The highest BCUT2D eigenvalue weighted by atomic mass is 79.9. The van der Waals surface area contributed by atoms with Gasteiger partial charge in [0.2, 0.25) is 5.91 Å². The zero-order valence-electron chi connectivity index (χ0n) is 16.0. The van der Waals surface area contributed by atoms with Gasteiger partial charge in [-0.25, -0.2) is 4.39 Å². The van der Waals surface area contributed by atoms with Crippen LogP contribution in [0.2, 0.25) is 0 Å². The van der Waals surface area contributed by atoms with Gasteiger partial charge in [0.1, 0.15) is 12.4 Å². The number of hydrogen-bond donors (Lipinski definition) is 1. The van der Waals surface area contributed by atoms with Gasteiger partial charge in [-0.15, -0.1) is 0 Å². The second kappa shape index (κ2) is 10.4. The van der Waals surface area contributed by atoms with Gasteiger partial charge in [-0.05, 0) is 73.8 Å². The van der Waals surface area contributed by atoms with Crippen molar-refractivity contribution in [2.24, 2.45) is 0 Å². The summed E-state index contributed by atoms with van der Waals surface area (Å²) in [5.41, 5.74) is 1.86. The highest BCUT2D eigenvalue weighted by molar-refractivity contribution is 9.11. The standard InChI is InChI=1S/C23H18Br2FNO3/c1-29-21-13-15(10-11-22(28)27-20-9-5-3-7-17(20)24)12-18(25)23(21)30-14-16-6-2-4-8-19(16)26/h2-13H,14H2,1H3,(H,27,28)/b11-10+. The van der Waals surface area contributed by atoms with E-state index in [1.807, 2.05) is 18.2 Å². The third kappa shape index (κ3) is 5.70. The molecule has 0 bridgehead atoms. The van der Waals surface area contributed by atoms with Crippen LogP contribution < -0.4 is 14.8 Å². The maximum absolute atomic E-state index is 13.8. The summed E-state index contributed by atoms with van der Waals surface area (Å²) in [6.45, 7) is 0.0607. The number of para-hydroxylation sites is 1. The molecule has 7 heteroatoms. The number of carbonyl (C=O) groups excluding carboxylic acids is 1. The summed E-state index contributed by atoms with van der Waals surface area (Å²) in [5.74, 6) is 0.322. The van der Waals surface area contributed by atoms with Gasteiger partial charge in [-0.3, -0.25) is 4.79 Å². The first-order valence-electron chi connectivity index (χ1n) is 8.95. The molecule has 0 spiro atoms. The van der Waals surface area contributed by atoms with Crippen molar-refractivity contribution in [1.29, 1.82) is 0 Å². The van der Waals surface area contributed by atoms with Crippen molar-refractivity contribution in [3.63, 3.8) is 0 Å². The van der Waals surface area contributed by atoms with Crippen LogP contribution in [0.3, 0.4) is 0 Å². The fourth-order valence-electron chi connectivity index (χ4n) is 2.65. The minimum atomic E-state index is -0.330. The molecule has 3 rings (SSSR count). The third-order valence-electron chi connectivity index (χ3n) is 4.14. The molecular formula is C23H18Br2FNO3. The molecule has 0 saturated heterocycles. The Labute approximate surface area is 191 Å². The predicted octanol–water partition coefficient (Wildman–Crippen LogP) is 6.59. The van der Waals surface area contributed by atoms with Crippen molar-refractivity contribution in [3.05, 3.63) is 92.6 Å². The molecule has 0 saturated carbocycles. The lowest BCUT2D eigenvalue weighted by Gasteiger charge is -2.14. The fourth-order valence-corrected chi connectivity index (χ4v) is 3.61. The summed E-state index contributed by atoms with van der Waals surface area (Å²) in [6, 6.07) is 17.3. The number of rotatable bonds is 7. The molecule has 0 aliphatic carbocycles. The Morgan fingerprint density at radius 2 is 1.80 bits per heavy atom. The Bertz CT molecular complexity index is 1090. The second-order valence-corrected chi connectivity index (χ2v) is 7.93. The Morgan fingerprint density at radius 3 is 2.53 bits per heavy atom. The van der Waals surface area contributed by atoms with Crippen molar-refractivity contribution in [1.82, 2.24) is 0 Å². The quantitative estimate of drug-likeness (QED) is 0.348. The topological polar surface area (TPSA) is 47.6 Å². The first kappa shape index (κ1) is 22.1. The summed E-state index contributed by atoms with van der Waals surface area (Å²) >= 11 is 6.86. The SMILES string of the molecule is COc1cc(/C=C/C(=O)Nc2ccccc2Br)cc(Br)c1OCc1ccccc1F. The number of carbonyl (C=O) groups is 1. The van der Waals surface area contributed by atoms with Crippen molar-refractivity contribution in [3.8, 4) is 11.5 Å². The lowest BCUT2D eigenvalue weighted by atomic mass is 10.1. The van der Waals surface area contributed by atoms with Gasteiger partial charge in [-0.2, -0.15) is 0 Å². The van der Waals surface area contributed by atoms with Crippen LogP contribution in [0.15, 0.2) is 75.7 Å². The summed E-state index contributed by atoms with van der Waals surface area (Å²) in [7, 11) is 1.52. The number of methoxy groups -OCH3 is 1. The van der Waals surface area contributed by atoms with Crippen LogP contribution >= 0.6 is 31.9 Å². The molecular weight excluding hydrogens is 517 g/mol. The first-order chi connectivity index (χ1) is 14.5. The molecule has 4 nitrogen and oxygen atoms in total. The van der Waals surface area contributed by atoms with Crippen LogP contribution in [0.5, 0.6) is 11.5 Å². The van der Waals surface area contributed by atoms with E-state index in [2.05, 4.69) is 37.2 Å². The zero-order chi connectivity index (χ0) is 21.5. The third-order valence-corrected chi connectivity index (χ3v) is 5.42. The maximum atomic E-state index is 13.8. The largest absolute Gasteiger partial charge is 0.493 e. The predicted molar refractivity (Wildman–Crippen MR) is 123 cm³/mol. The molecule has 3 aromatic rings. The molecule has 3 aromatic carbocycles. The molecule has 0 atom stereocenters. The van der Waals surface area contributed by atoms with Crippen molar-refractivity contribution in [2.75, 3.05) is 12.4 Å². The Morgan fingerprint density at radius 1 is 1.07 bits per heavy atom. The van der Waals surface area contributed by atoms with Gasteiger partial charge in [0.15, 0.2) is 11.5 Å². The Kier molecular flexibility index (Phi) is 7.65. The number of nitrogens with one attached hydrogen (secondary N) is 1. The highest BCUT2D eigenvalue weighted by Crippen LogP contribution is 2.37. The van der Waals surface area contributed by atoms with Crippen LogP contribution in [0.4, 0.5) is 10.1 Å². The molecule has 0 fully saturated rings. The van der Waals surface area contributed by atoms with Crippen LogP contribution in [-0.2, 0) is 11.4 Å². The highest BCUT2D eigenvalue weighted by Gasteiger charge is 2.12. The van der Waals surface area contributed by atoms with E-state index < -0.39 is 0 Å². The van der Waals surface area contributed by atoms with E-state index in [0.29, 0.717) is 27.2 Å². The van der Waals surface area contributed by atoms with Gasteiger partial charge in [0.05, 0.1) is 17.3 Å². The molecule has 0 heterocycles. The number of benzene rings is 3. The number of anilines is 1. The molecule has 0 radical (unpaired) electrons. The normalized spacial score (nSPS) is 10.8. The van der Waals surface area contributed by atoms with Gasteiger partial charge < -0.3 is 14.8 Å². The van der Waals surface area contributed by atoms with Crippen LogP contribution in [0.1, 0.15) is 11.1 Å². The summed E-state index contributed by atoms with van der Waals surface area (Å²) in [4.78, 5) is 12.2. The van der Waals surface area contributed by atoms with Gasteiger partial charge in [-0.1, -0.05) is 30.3 Å². The number of halogens is 3. The molecule has 1 N–H and O–H groups in total. The molecule has 0 aromatic heterocycles. The summed E-state index contributed by atoms with van der Waals surface area (Å²) < 4.78 is 26.4. The lowest BCUT2D eigenvalue weighted by molar-refractivity contribution is -0.111. The van der Waals surface area contributed by atoms with Crippen molar-refractivity contribution < 1.29 is 18.7 Å². The van der Waals surface area contributed by atoms with Gasteiger partial charge >= 0.3 is 0 Å². The number of hydrogen-bond acceptors (Lipinski definition) is 3. The first-order valence-corrected chi connectivity index (χ1v) is 10.5. The smallest absolute Gasteiger partial charge is 0.248 e. The van der Waals surface area contributed by atoms with Crippen molar-refractivity contribution in [2.45, 2.75) is 6.61 Å². The minimum absolute atomic E-state index is 0.0607. The van der Waals surface area contributed by atoms with Gasteiger partial charge in [0, 0.05) is 16.1 Å². The summed E-state index contributed by atoms with van der Waals surface area (Å²) in [6.07, 6.45) is 3.10. The lowest BCUT2D eigenvalue weighted by Crippen LogP contribution is -2.08. The average molecular weight is 535 g/mol. The van der Waals surface area contributed by atoms with E-state index in [9.17, 15) is 9.18 Å². The van der Waals surface area contributed by atoms with E-state index >= 15 is 0 Å². The van der Waals surface area contributed by atoms with E-state index in [-0.39, 0.29) is 18.3 Å². The summed E-state index contributed by atoms with van der Waals surface area (Å²) in [5, 5.41) is 2.80. The van der Waals surface area contributed by atoms with Crippen LogP contribution in [0, 0.1) is 5.82 Å². The minimum Gasteiger partial charge on any atom is -0.493 e. The molecule has 154 valence electrons. The monoisotopic (exact) mass is 533 g/mol. The fraction of sp³-hybridized carbons (Fsp3) is 0.0870. The van der Waals surface area contributed by atoms with E-state index in [1.165, 1.54) is 19.3 Å². The Balaban J connectivity index is 1.73. The zero-order valence-corrected chi connectivity index (χ0v) is 19.2. The van der Waals surface area contributed by atoms with E-state index in [1.54, 1.807) is 42.5 Å². The molecule has 0 aliphatic rings. The number of amides is 1. The van der Waals surface area contributed by atoms with Crippen LogP contribution in [0.25, 0.3) is 6.08 Å². The second-order valence-electron chi connectivity index (χ2n) is 6.22. The van der Waals surface area contributed by atoms with E-state index in [0.717, 1.165) is 10.0 Å². The average Bonchev–Trinajstić information content (AvgIpc) is 2.74. The maximum Gasteiger partial charge on any atom is 0.248 e. The van der Waals surface area contributed by atoms with Gasteiger partial charge in [0.25, 0.3) is 0 Å². The molecule has 30 heavy (non-hydrogen) atoms. The molecule has 0 aliphatic heterocycles. The number of ether oxygens (including phenoxy) is 2. The van der Waals surface area contributed by atoms with E-state index in [4.69, 9.17) is 9.47 Å². The molecule has 0 unspecified atom stereocenters. The molecule has 1 amide bonds. The van der Waals surface area contributed by atoms with Crippen LogP contribution in [-0.4, -0.2) is 13.0 Å². The van der Waals surface area contributed by atoms with Crippen molar-refractivity contribution >= 4 is 49.5 Å².